The summed E-state index contributed by atoms with van der Waals surface area (Å²) in [5.41, 5.74) is 25.5. The first-order valence-corrected chi connectivity index (χ1v) is 36.5. The van der Waals surface area contributed by atoms with Gasteiger partial charge in [-0.15, -0.1) is 0 Å². The van der Waals surface area contributed by atoms with E-state index in [-0.39, 0.29) is 0 Å². The Morgan fingerprint density at radius 1 is 0.225 bits per heavy atom. The Bertz CT molecular complexity index is 4800. The molecule has 15 aromatic carbocycles. The third-order valence-corrected chi connectivity index (χ3v) is 17.7. The van der Waals surface area contributed by atoms with Gasteiger partial charge in [-0.1, -0.05) is 423 Å². The first-order chi connectivity index (χ1) is 49.2. The molecule has 0 atom stereocenters. The summed E-state index contributed by atoms with van der Waals surface area (Å²) in [7, 11) is 0. The zero-order valence-corrected chi connectivity index (χ0v) is 64.0. The van der Waals surface area contributed by atoms with Crippen LogP contribution in [-0.4, -0.2) is 0 Å². The van der Waals surface area contributed by atoms with Crippen LogP contribution in [0.5, 0.6) is 0 Å². The molecule has 0 aliphatic rings. The predicted octanol–water partition coefficient (Wildman–Crippen LogP) is 29.5. The van der Waals surface area contributed by atoms with Gasteiger partial charge in [0.25, 0.3) is 0 Å². The Kier molecular flexibility index (Phi) is 32.2. The highest BCUT2D eigenvalue weighted by Crippen LogP contribution is 2.29. The van der Waals surface area contributed by atoms with Crippen molar-refractivity contribution in [1.82, 2.24) is 0 Å². The average Bonchev–Trinajstić information content (AvgIpc) is 0.815. The molecule has 0 fully saturated rings. The van der Waals surface area contributed by atoms with Gasteiger partial charge in [0.05, 0.1) is 0 Å². The maximum absolute atomic E-state index is 2.25. The molecule has 0 bridgehead atoms. The Labute approximate surface area is 614 Å². The second-order valence-corrected chi connectivity index (χ2v) is 27.4. The monoisotopic (exact) mass is 1330 g/mol. The summed E-state index contributed by atoms with van der Waals surface area (Å²) in [6.45, 7) is 34.2. The van der Waals surface area contributed by atoms with Crippen molar-refractivity contribution < 1.29 is 0 Å². The minimum absolute atomic E-state index is 0.653. The van der Waals surface area contributed by atoms with Crippen LogP contribution in [0.15, 0.2) is 334 Å². The van der Waals surface area contributed by atoms with Crippen molar-refractivity contribution in [1.29, 1.82) is 0 Å². The lowest BCUT2D eigenvalue weighted by Gasteiger charge is -2.07. The van der Waals surface area contributed by atoms with Crippen molar-refractivity contribution in [2.24, 2.45) is 0 Å². The Hall–Kier alpha value is -10.7. The van der Waals surface area contributed by atoms with Crippen molar-refractivity contribution >= 4 is 43.1 Å². The molecule has 518 valence electrons. The van der Waals surface area contributed by atoms with Gasteiger partial charge in [0, 0.05) is 0 Å². The van der Waals surface area contributed by atoms with E-state index in [4.69, 9.17) is 0 Å². The quantitative estimate of drug-likeness (QED) is 0.156. The number of rotatable bonds is 6. The van der Waals surface area contributed by atoms with Crippen molar-refractivity contribution in [3.63, 3.8) is 0 Å². The molecular formula is C102H110. The van der Waals surface area contributed by atoms with E-state index >= 15 is 0 Å². The molecule has 0 aromatic heterocycles. The highest BCUT2D eigenvalue weighted by Gasteiger charge is 2.04. The third kappa shape index (κ3) is 27.1. The highest BCUT2D eigenvalue weighted by atomic mass is 14.1. The Morgan fingerprint density at radius 3 is 1.01 bits per heavy atom. The second kappa shape index (κ2) is 41.8. The molecule has 0 aliphatic carbocycles. The molecule has 0 heteroatoms. The van der Waals surface area contributed by atoms with E-state index in [0.717, 1.165) is 6.42 Å². The lowest BCUT2D eigenvalue weighted by atomic mass is 9.98. The minimum Gasteiger partial charge on any atom is -0.0651 e. The van der Waals surface area contributed by atoms with Crippen LogP contribution in [0.25, 0.3) is 65.3 Å². The lowest BCUT2D eigenvalue weighted by Crippen LogP contribution is -1.85. The van der Waals surface area contributed by atoms with Gasteiger partial charge < -0.3 is 0 Å². The summed E-state index contributed by atoms with van der Waals surface area (Å²) in [6.07, 6.45) is 3.59. The molecule has 15 rings (SSSR count). The number of hydrogen-bond donors (Lipinski definition) is 0. The summed E-state index contributed by atoms with van der Waals surface area (Å²) in [4.78, 5) is 0. The molecule has 0 spiro atoms. The maximum Gasteiger partial charge on any atom is -0.0105 e. The standard InChI is InChI=1S/2C17H14.2C11H10.2C10H14.2C9H12.C8H10/c1-13-9-11-15(12-10-13)17-8-4-6-14-5-2-3-7-16(14)17;1-13-6-8-15(9-7-13)17-11-10-14-4-2-3-5-16(14)12-17;1-9-5-4-7-10-6-2-3-8-11(9)10;1-9-6-7-10-4-2-3-5-11(10)8-9;1-8(2)10-6-4-9(3)5-7-10;1-3-4-10-7-5-9(2)6-8-10;1-7-4-8(2)6-9(3)5-7;1-3-9-6-4-8(2)5-7-9;1-7-3-5-8(2)6-4-7/h2*2-12H,1H3;2*2-8H,1H3;4-8H,1-3H3;5-8H,3-4H2,1-2H3;4-6H,1-3H3;4-7H,3H2,1-2H3;3-6H,1-2H3. The molecule has 0 radical (unpaired) electrons. The smallest absolute Gasteiger partial charge is 0.0105 e. The maximum atomic E-state index is 2.25. The molecule has 0 unspecified atom stereocenters. The van der Waals surface area contributed by atoms with Crippen LogP contribution in [0.2, 0.25) is 0 Å². The molecule has 0 saturated carbocycles. The minimum atomic E-state index is 0.653. The molecule has 15 aromatic rings. The first-order valence-electron chi connectivity index (χ1n) is 36.5. The summed E-state index contributed by atoms with van der Waals surface area (Å²) >= 11 is 0. The Balaban J connectivity index is 0.000000163. The summed E-state index contributed by atoms with van der Waals surface area (Å²) < 4.78 is 0. The largest absolute Gasteiger partial charge is 0.0651 e. The van der Waals surface area contributed by atoms with Crippen molar-refractivity contribution in [2.45, 2.75) is 136 Å². The number of benzene rings is 15. The molecule has 0 aliphatic heterocycles. The van der Waals surface area contributed by atoms with Gasteiger partial charge in [-0.2, -0.15) is 0 Å². The zero-order chi connectivity index (χ0) is 73.2. The first kappa shape index (κ1) is 78.7. The molecule has 0 heterocycles. The SMILES string of the molecule is CCCc1ccc(C)cc1.CCc1ccc(C)cc1.Cc1cc(C)cc(C)c1.Cc1ccc(-c2ccc3ccccc3c2)cc1.Cc1ccc(-c2cccc3ccccc23)cc1.Cc1ccc(C(C)C)cc1.Cc1ccc(C)cc1.Cc1ccc2ccccc2c1.Cc1cccc2ccccc12. The fraction of sp³-hybridized carbons (Fsp3) is 0.196. The van der Waals surface area contributed by atoms with Gasteiger partial charge in [-0.25, -0.2) is 0 Å². The van der Waals surface area contributed by atoms with Crippen LogP contribution in [0.4, 0.5) is 0 Å². The van der Waals surface area contributed by atoms with Crippen molar-refractivity contribution in [3.05, 3.63) is 417 Å². The van der Waals surface area contributed by atoms with Crippen molar-refractivity contribution in [2.75, 3.05) is 0 Å². The molecule has 102 heavy (non-hydrogen) atoms. The van der Waals surface area contributed by atoms with Gasteiger partial charge in [-0.05, 0) is 196 Å². The third-order valence-electron chi connectivity index (χ3n) is 17.7. The summed E-state index contributed by atoms with van der Waals surface area (Å²) in [5, 5.41) is 10.5. The number of fused-ring (bicyclic) bond motifs is 4. The van der Waals surface area contributed by atoms with Crippen LogP contribution >= 0.6 is 0 Å². The molecule has 0 amide bonds. The van der Waals surface area contributed by atoms with Gasteiger partial charge in [0.1, 0.15) is 0 Å². The molecule has 0 N–H and O–H groups in total. The van der Waals surface area contributed by atoms with E-state index < -0.39 is 0 Å². The van der Waals surface area contributed by atoms with Crippen LogP contribution in [0.1, 0.15) is 123 Å². The van der Waals surface area contributed by atoms with E-state index in [2.05, 4.69) is 444 Å². The molecule has 0 saturated heterocycles. The van der Waals surface area contributed by atoms with Crippen LogP contribution in [0.3, 0.4) is 0 Å². The number of hydrogen-bond acceptors (Lipinski definition) is 0. The van der Waals surface area contributed by atoms with Crippen molar-refractivity contribution in [3.8, 4) is 22.3 Å². The fourth-order valence-corrected chi connectivity index (χ4v) is 11.7. The van der Waals surface area contributed by atoms with Crippen LogP contribution < -0.4 is 0 Å². The normalized spacial score (nSPS) is 10.2. The van der Waals surface area contributed by atoms with E-state index in [9.17, 15) is 0 Å². The van der Waals surface area contributed by atoms with Crippen LogP contribution in [-0.2, 0) is 12.8 Å². The van der Waals surface area contributed by atoms with E-state index in [1.54, 1.807) is 0 Å². The van der Waals surface area contributed by atoms with E-state index in [1.807, 2.05) is 0 Å². The van der Waals surface area contributed by atoms with Crippen LogP contribution in [0, 0.1) is 83.1 Å². The molecule has 0 nitrogen and oxygen atoms in total. The summed E-state index contributed by atoms with van der Waals surface area (Å²) in [6, 6.07) is 118. The fourth-order valence-electron chi connectivity index (χ4n) is 11.7. The predicted molar refractivity (Wildman–Crippen MR) is 453 cm³/mol. The van der Waals surface area contributed by atoms with E-state index in [1.165, 1.54) is 162 Å². The topological polar surface area (TPSA) is 0 Å². The van der Waals surface area contributed by atoms with Gasteiger partial charge in [0.2, 0.25) is 0 Å². The highest BCUT2D eigenvalue weighted by molar-refractivity contribution is 5.96. The van der Waals surface area contributed by atoms with Gasteiger partial charge in [0.15, 0.2) is 0 Å². The average molecular weight is 1340 g/mol. The lowest BCUT2D eigenvalue weighted by molar-refractivity contribution is 0.866. The van der Waals surface area contributed by atoms with Gasteiger partial charge in [-0.3, -0.25) is 0 Å². The Morgan fingerprint density at radius 2 is 0.559 bits per heavy atom. The second-order valence-electron chi connectivity index (χ2n) is 27.4. The number of aryl methyl sites for hydroxylation is 14. The van der Waals surface area contributed by atoms with E-state index in [0.29, 0.717) is 5.92 Å². The zero-order valence-electron chi connectivity index (χ0n) is 64.0. The van der Waals surface area contributed by atoms with Gasteiger partial charge >= 0.3 is 0 Å². The molecular weight excluding hydrogens is 1230 g/mol. The summed E-state index contributed by atoms with van der Waals surface area (Å²) in [5.74, 6) is 0.653.